The Labute approximate surface area is 322 Å². The number of hydrogen-bond donors (Lipinski definition) is 3. The zero-order valence-electron chi connectivity index (χ0n) is 31.1. The molecule has 3 saturated heterocycles. The number of rotatable bonds is 7. The Kier molecular flexibility index (Phi) is 8.98. The number of nitrogens with zero attached hydrogens (tertiary/aromatic N) is 6. The zero-order valence-corrected chi connectivity index (χ0v) is 31.1. The highest BCUT2D eigenvalue weighted by Crippen LogP contribution is 2.40. The fraction of sp³-hybridized carbons (Fsp3) is 0.390. The second-order valence-corrected chi connectivity index (χ2v) is 15.4. The third-order valence-corrected chi connectivity index (χ3v) is 12.1. The molecular weight excluding hydrogens is 722 g/mol. The summed E-state index contributed by atoms with van der Waals surface area (Å²) in [6, 6.07) is 13.1. The van der Waals surface area contributed by atoms with Gasteiger partial charge in [-0.05, 0) is 72.9 Å². The molecule has 3 amide bonds. The van der Waals surface area contributed by atoms with Crippen molar-refractivity contribution >= 4 is 34.9 Å². The lowest BCUT2D eigenvalue weighted by Gasteiger charge is -2.36. The Morgan fingerprint density at radius 2 is 1.75 bits per heavy atom. The number of phenols is 1. The molecule has 6 heterocycles. The number of imide groups is 1. The molecule has 3 atom stereocenters. The topological polar surface area (TPSA) is 143 Å². The van der Waals surface area contributed by atoms with Crippen LogP contribution in [0.1, 0.15) is 51.9 Å². The Morgan fingerprint density at radius 1 is 0.929 bits per heavy atom. The van der Waals surface area contributed by atoms with Crippen LogP contribution in [-0.2, 0) is 22.7 Å². The summed E-state index contributed by atoms with van der Waals surface area (Å²) < 4.78 is 34.8. The molecule has 5 aliphatic rings. The summed E-state index contributed by atoms with van der Waals surface area (Å²) in [6.45, 7) is 9.99. The monoisotopic (exact) mass is 764 g/mol. The number of halogens is 2. The van der Waals surface area contributed by atoms with Crippen molar-refractivity contribution in [2.24, 2.45) is 0 Å². The zero-order chi connectivity index (χ0) is 38.8. The molecule has 4 aromatic rings. The molecule has 0 spiro atoms. The largest absolute Gasteiger partial charge is 0.504 e. The maximum atomic E-state index is 14.1. The molecule has 15 heteroatoms. The van der Waals surface area contributed by atoms with Gasteiger partial charge in [-0.2, -0.15) is 0 Å². The second-order valence-electron chi connectivity index (χ2n) is 15.4. The number of carbonyl (C=O) groups excluding carboxylic acids is 3. The number of carbonyl (C=O) groups is 3. The van der Waals surface area contributed by atoms with Gasteiger partial charge in [-0.15, -0.1) is 10.2 Å². The van der Waals surface area contributed by atoms with Crippen molar-refractivity contribution in [3.63, 3.8) is 0 Å². The Morgan fingerprint density at radius 3 is 2.55 bits per heavy atom. The number of anilines is 3. The van der Waals surface area contributed by atoms with Crippen LogP contribution in [0.25, 0.3) is 11.3 Å². The first kappa shape index (κ1) is 35.8. The number of amides is 3. The number of benzene rings is 3. The summed E-state index contributed by atoms with van der Waals surface area (Å²) >= 11 is 0. The number of fused-ring (bicyclic) bond motifs is 4. The van der Waals surface area contributed by atoms with E-state index in [9.17, 15) is 28.3 Å². The fourth-order valence-electron chi connectivity index (χ4n) is 8.76. The van der Waals surface area contributed by atoms with Crippen molar-refractivity contribution in [1.82, 2.24) is 25.3 Å². The standard InChI is InChI=1S/C41H42F2N8O5/c1-22-23(2)36(56-29-15-28-18-44-39-35(50(28)21-29)17-33(46-47-39)31-13-26(42)14-32(43)38(31)53)7-4-24(22)19-48-9-11-49(12-10-48)27-5-3-25-20-51(41(55)30(25)16-27)34-6-8-37(52)45-40(34)54/h3-5,7,13-14,16-17,28-29,34,53H,6,8-12,15,18-21H2,1-2H3,(H,44,47)(H,45,52,54)/t28-,29-,34?/m1/s1. The highest BCUT2D eigenvalue weighted by atomic mass is 19.1. The van der Waals surface area contributed by atoms with Gasteiger partial charge in [0.05, 0.1) is 24.0 Å². The minimum absolute atomic E-state index is 0.0571. The summed E-state index contributed by atoms with van der Waals surface area (Å²) in [5.74, 6) is -1.99. The minimum atomic E-state index is -1.06. The summed E-state index contributed by atoms with van der Waals surface area (Å²) in [5.41, 5.74) is 6.90. The maximum Gasteiger partial charge on any atom is 0.255 e. The molecular formula is C41H42F2N8O5. The van der Waals surface area contributed by atoms with Crippen LogP contribution >= 0.6 is 0 Å². The normalized spacial score (nSPS) is 22.1. The van der Waals surface area contributed by atoms with Crippen LogP contribution < -0.4 is 25.2 Å². The number of aromatic hydroxyl groups is 1. The van der Waals surface area contributed by atoms with Gasteiger partial charge in [0.2, 0.25) is 11.8 Å². The smallest absolute Gasteiger partial charge is 0.255 e. The fourth-order valence-corrected chi connectivity index (χ4v) is 8.76. The summed E-state index contributed by atoms with van der Waals surface area (Å²) in [5, 5.41) is 24.4. The molecule has 3 fully saturated rings. The molecule has 0 saturated carbocycles. The predicted octanol–water partition coefficient (Wildman–Crippen LogP) is 4.28. The number of phenolic OH excluding ortho intramolecular Hbond substituents is 1. The van der Waals surface area contributed by atoms with Crippen molar-refractivity contribution in [2.45, 2.75) is 64.4 Å². The molecule has 9 rings (SSSR count). The Hall–Kier alpha value is -5.83. The average Bonchev–Trinajstić information content (AvgIpc) is 3.76. The minimum Gasteiger partial charge on any atom is -0.504 e. The molecule has 13 nitrogen and oxygen atoms in total. The number of nitrogens with one attached hydrogen (secondary N) is 2. The maximum absolute atomic E-state index is 14.1. The van der Waals surface area contributed by atoms with Crippen LogP contribution in [0.2, 0.25) is 0 Å². The summed E-state index contributed by atoms with van der Waals surface area (Å²) in [7, 11) is 0. The van der Waals surface area contributed by atoms with Crippen LogP contribution in [0.5, 0.6) is 11.5 Å². The van der Waals surface area contributed by atoms with Gasteiger partial charge in [0.1, 0.15) is 23.7 Å². The first-order valence-corrected chi connectivity index (χ1v) is 19.1. The lowest BCUT2D eigenvalue weighted by molar-refractivity contribution is -0.136. The van der Waals surface area contributed by atoms with E-state index >= 15 is 0 Å². The summed E-state index contributed by atoms with van der Waals surface area (Å²) in [4.78, 5) is 46.0. The van der Waals surface area contributed by atoms with E-state index in [1.165, 1.54) is 11.1 Å². The molecule has 56 heavy (non-hydrogen) atoms. The molecule has 0 aliphatic carbocycles. The van der Waals surface area contributed by atoms with E-state index in [-0.39, 0.29) is 41.6 Å². The number of piperidine rings is 1. The Bertz CT molecular complexity index is 2280. The molecule has 1 unspecified atom stereocenters. The van der Waals surface area contributed by atoms with Gasteiger partial charge < -0.3 is 29.9 Å². The lowest BCUT2D eigenvalue weighted by atomic mass is 10.0. The van der Waals surface area contributed by atoms with Gasteiger partial charge in [-0.25, -0.2) is 8.78 Å². The first-order chi connectivity index (χ1) is 27.0. The third-order valence-electron chi connectivity index (χ3n) is 12.1. The highest BCUT2D eigenvalue weighted by molar-refractivity contribution is 6.05. The van der Waals surface area contributed by atoms with Gasteiger partial charge in [0.25, 0.3) is 5.91 Å². The molecule has 290 valence electrons. The molecule has 5 aliphatic heterocycles. The number of aromatic nitrogens is 2. The van der Waals surface area contributed by atoms with E-state index in [1.807, 2.05) is 12.1 Å². The van der Waals surface area contributed by atoms with Crippen molar-refractivity contribution in [2.75, 3.05) is 54.4 Å². The van der Waals surface area contributed by atoms with Gasteiger partial charge in [-0.3, -0.25) is 24.6 Å². The third kappa shape index (κ3) is 6.42. The second kappa shape index (κ2) is 14.0. The Balaban J connectivity index is 0.817. The van der Waals surface area contributed by atoms with Crippen LogP contribution in [0, 0.1) is 25.5 Å². The van der Waals surface area contributed by atoms with E-state index in [2.05, 4.69) is 67.6 Å². The first-order valence-electron chi connectivity index (χ1n) is 19.1. The SMILES string of the molecule is Cc1c(CN2CCN(c3ccc4c(c3)C(=O)N(C3CCC(=O)NC3=O)C4)CC2)ccc(O[C@@H]2C[C@@H]3CNc4nnc(-c5cc(F)cc(F)c5O)cc4N3C2)c1C. The van der Waals surface area contributed by atoms with E-state index in [1.54, 1.807) is 11.0 Å². The van der Waals surface area contributed by atoms with E-state index in [4.69, 9.17) is 4.74 Å². The number of hydrogen-bond acceptors (Lipinski definition) is 11. The van der Waals surface area contributed by atoms with Gasteiger partial charge in [0.15, 0.2) is 17.4 Å². The van der Waals surface area contributed by atoms with Crippen molar-refractivity contribution in [3.05, 3.63) is 88.0 Å². The molecule has 3 N–H and O–H groups in total. The average molecular weight is 765 g/mol. The van der Waals surface area contributed by atoms with Gasteiger partial charge >= 0.3 is 0 Å². The lowest BCUT2D eigenvalue weighted by Crippen LogP contribution is -2.52. The summed E-state index contributed by atoms with van der Waals surface area (Å²) in [6.07, 6.45) is 1.25. The molecule has 3 aromatic carbocycles. The van der Waals surface area contributed by atoms with Crippen LogP contribution in [0.15, 0.2) is 48.5 Å². The van der Waals surface area contributed by atoms with Crippen molar-refractivity contribution < 1.29 is 33.0 Å². The van der Waals surface area contributed by atoms with E-state index in [0.717, 1.165) is 73.5 Å². The quantitative estimate of drug-likeness (QED) is 0.232. The number of piperazine rings is 1. The van der Waals surface area contributed by atoms with Crippen molar-refractivity contribution in [1.29, 1.82) is 0 Å². The van der Waals surface area contributed by atoms with Crippen LogP contribution in [0.3, 0.4) is 0 Å². The van der Waals surface area contributed by atoms with E-state index < -0.39 is 29.3 Å². The predicted molar refractivity (Wildman–Crippen MR) is 204 cm³/mol. The highest BCUT2D eigenvalue weighted by Gasteiger charge is 2.40. The van der Waals surface area contributed by atoms with Gasteiger partial charge in [0, 0.05) is 81.5 Å². The molecule has 0 bridgehead atoms. The van der Waals surface area contributed by atoms with E-state index in [0.29, 0.717) is 43.5 Å². The van der Waals surface area contributed by atoms with Crippen molar-refractivity contribution in [3.8, 4) is 22.8 Å². The molecule has 1 aromatic heterocycles. The van der Waals surface area contributed by atoms with Gasteiger partial charge in [-0.1, -0.05) is 12.1 Å². The number of ether oxygens (including phenoxy) is 1. The van der Waals surface area contributed by atoms with Crippen LogP contribution in [0.4, 0.5) is 26.0 Å². The van der Waals surface area contributed by atoms with Crippen LogP contribution in [-0.4, -0.2) is 100 Å². The molecule has 0 radical (unpaired) electrons.